The number of benzene rings is 3. The van der Waals surface area contributed by atoms with Gasteiger partial charge in [0, 0.05) is 11.3 Å². The second-order valence-electron chi connectivity index (χ2n) is 8.14. The smallest absolute Gasteiger partial charge is 0.339 e. The molecule has 0 atom stereocenters. The standard InChI is InChI=1S/C27H22N4O4/c1-17-6-5-7-18(2)26(17)28-27(33)19-10-12-21(13-11-19)31-15-20(29-30-31)16-34-24-14-25(32)35-23-9-4-3-8-22(23)24/h3-15H,16H2,1-2H3,(H,28,33). The molecule has 0 saturated heterocycles. The first-order chi connectivity index (χ1) is 17.0. The molecule has 2 heterocycles. The molecule has 0 unspecified atom stereocenters. The summed E-state index contributed by atoms with van der Waals surface area (Å²) in [5.41, 5.74) is 4.69. The number of ether oxygens (including phenoxy) is 1. The van der Waals surface area contributed by atoms with Crippen LogP contribution in [0.5, 0.6) is 5.75 Å². The Balaban J connectivity index is 1.28. The van der Waals surface area contributed by atoms with E-state index in [1.165, 1.54) is 6.07 Å². The molecule has 0 aliphatic heterocycles. The summed E-state index contributed by atoms with van der Waals surface area (Å²) in [5.74, 6) is 0.242. The number of hydrogen-bond acceptors (Lipinski definition) is 6. The van der Waals surface area contributed by atoms with E-state index in [0.717, 1.165) is 22.5 Å². The lowest BCUT2D eigenvalue weighted by Gasteiger charge is -2.11. The number of amides is 1. The predicted molar refractivity (Wildman–Crippen MR) is 132 cm³/mol. The second-order valence-corrected chi connectivity index (χ2v) is 8.14. The average molecular weight is 466 g/mol. The molecule has 5 rings (SSSR count). The number of fused-ring (bicyclic) bond motifs is 1. The molecule has 5 aromatic rings. The monoisotopic (exact) mass is 466 g/mol. The van der Waals surface area contributed by atoms with Crippen LogP contribution in [0.25, 0.3) is 16.7 Å². The third-order valence-electron chi connectivity index (χ3n) is 5.64. The minimum atomic E-state index is -0.482. The lowest BCUT2D eigenvalue weighted by atomic mass is 10.1. The quantitative estimate of drug-likeness (QED) is 0.360. The van der Waals surface area contributed by atoms with Crippen LogP contribution in [0, 0.1) is 13.8 Å². The van der Waals surface area contributed by atoms with Crippen molar-refractivity contribution in [1.29, 1.82) is 0 Å². The van der Waals surface area contributed by atoms with Crippen LogP contribution >= 0.6 is 0 Å². The van der Waals surface area contributed by atoms with E-state index < -0.39 is 5.63 Å². The Morgan fingerprint density at radius 1 is 1.00 bits per heavy atom. The Kier molecular flexibility index (Phi) is 5.85. The Labute approximate surface area is 200 Å². The Morgan fingerprint density at radius 2 is 1.74 bits per heavy atom. The van der Waals surface area contributed by atoms with Crippen molar-refractivity contribution >= 4 is 22.6 Å². The van der Waals surface area contributed by atoms with Crippen molar-refractivity contribution < 1.29 is 13.9 Å². The Hall–Kier alpha value is -4.72. The van der Waals surface area contributed by atoms with Gasteiger partial charge in [-0.05, 0) is 61.4 Å². The number of para-hydroxylation sites is 2. The fourth-order valence-electron chi connectivity index (χ4n) is 3.81. The molecule has 0 saturated carbocycles. The van der Waals surface area contributed by atoms with Crippen molar-refractivity contribution in [2.45, 2.75) is 20.5 Å². The molecule has 3 aromatic carbocycles. The van der Waals surface area contributed by atoms with Crippen LogP contribution in [-0.4, -0.2) is 20.9 Å². The summed E-state index contributed by atoms with van der Waals surface area (Å²) >= 11 is 0. The van der Waals surface area contributed by atoms with Gasteiger partial charge in [-0.2, -0.15) is 0 Å². The third kappa shape index (κ3) is 4.67. The molecule has 2 aromatic heterocycles. The number of carbonyl (C=O) groups excluding carboxylic acids is 1. The zero-order valence-electron chi connectivity index (χ0n) is 19.2. The molecular weight excluding hydrogens is 444 g/mol. The summed E-state index contributed by atoms with van der Waals surface area (Å²) in [4.78, 5) is 24.5. The summed E-state index contributed by atoms with van der Waals surface area (Å²) in [5, 5.41) is 12.0. The molecule has 8 heteroatoms. The van der Waals surface area contributed by atoms with Crippen molar-refractivity contribution in [1.82, 2.24) is 15.0 Å². The van der Waals surface area contributed by atoms with Gasteiger partial charge in [-0.15, -0.1) is 5.10 Å². The normalized spacial score (nSPS) is 10.9. The first kappa shape index (κ1) is 22.1. The van der Waals surface area contributed by atoms with Gasteiger partial charge in [0.1, 0.15) is 23.6 Å². The van der Waals surface area contributed by atoms with Crippen LogP contribution in [0.1, 0.15) is 27.2 Å². The maximum Gasteiger partial charge on any atom is 0.339 e. The Morgan fingerprint density at radius 3 is 2.51 bits per heavy atom. The van der Waals surface area contributed by atoms with Gasteiger partial charge in [0.25, 0.3) is 5.91 Å². The van der Waals surface area contributed by atoms with E-state index in [4.69, 9.17) is 9.15 Å². The van der Waals surface area contributed by atoms with Gasteiger partial charge < -0.3 is 14.5 Å². The van der Waals surface area contributed by atoms with Gasteiger partial charge in [0.05, 0.1) is 23.3 Å². The number of rotatable bonds is 6. The molecule has 8 nitrogen and oxygen atoms in total. The summed E-state index contributed by atoms with van der Waals surface area (Å²) in [6.45, 7) is 4.06. The van der Waals surface area contributed by atoms with Gasteiger partial charge in [0.2, 0.25) is 0 Å². The predicted octanol–water partition coefficient (Wildman–Crippen LogP) is 4.82. The van der Waals surface area contributed by atoms with Gasteiger partial charge in [-0.25, -0.2) is 9.48 Å². The number of aryl methyl sites for hydroxylation is 2. The summed E-state index contributed by atoms with van der Waals surface area (Å²) in [6.07, 6.45) is 1.74. The van der Waals surface area contributed by atoms with Gasteiger partial charge in [-0.3, -0.25) is 4.79 Å². The van der Waals surface area contributed by atoms with Crippen molar-refractivity contribution in [2.75, 3.05) is 5.32 Å². The number of nitrogens with zero attached hydrogens (tertiary/aromatic N) is 3. The molecule has 0 spiro atoms. The van der Waals surface area contributed by atoms with E-state index in [-0.39, 0.29) is 12.5 Å². The van der Waals surface area contributed by atoms with Crippen molar-refractivity contribution in [3.8, 4) is 11.4 Å². The van der Waals surface area contributed by atoms with E-state index in [2.05, 4.69) is 15.6 Å². The number of anilines is 1. The molecule has 0 fully saturated rings. The first-order valence-electron chi connectivity index (χ1n) is 11.0. The minimum absolute atomic E-state index is 0.129. The van der Waals surface area contributed by atoms with E-state index in [1.807, 2.05) is 44.2 Å². The minimum Gasteiger partial charge on any atom is -0.486 e. The summed E-state index contributed by atoms with van der Waals surface area (Å²) in [7, 11) is 0. The van der Waals surface area contributed by atoms with Crippen LogP contribution in [0.3, 0.4) is 0 Å². The summed E-state index contributed by atoms with van der Waals surface area (Å²) < 4.78 is 12.6. The molecular formula is C27H22N4O4. The number of carbonyl (C=O) groups is 1. The highest BCUT2D eigenvalue weighted by Crippen LogP contribution is 2.24. The topological polar surface area (TPSA) is 99.2 Å². The molecule has 1 amide bonds. The lowest BCUT2D eigenvalue weighted by Crippen LogP contribution is -2.13. The number of aromatic nitrogens is 3. The van der Waals surface area contributed by atoms with Crippen molar-refractivity contribution in [2.24, 2.45) is 0 Å². The number of hydrogen-bond donors (Lipinski definition) is 1. The highest BCUT2D eigenvalue weighted by atomic mass is 16.5. The van der Waals surface area contributed by atoms with Gasteiger partial charge in [0.15, 0.2) is 0 Å². The van der Waals surface area contributed by atoms with Crippen LogP contribution < -0.4 is 15.7 Å². The molecule has 0 bridgehead atoms. The molecule has 174 valence electrons. The number of nitrogens with one attached hydrogen (secondary N) is 1. The SMILES string of the molecule is Cc1cccc(C)c1NC(=O)c1ccc(-n2cc(COc3cc(=O)oc4ccccc34)nn2)cc1. The maximum absolute atomic E-state index is 12.7. The molecule has 35 heavy (non-hydrogen) atoms. The molecule has 1 N–H and O–H groups in total. The maximum atomic E-state index is 12.7. The van der Waals surface area contributed by atoms with E-state index >= 15 is 0 Å². The van der Waals surface area contributed by atoms with Crippen LogP contribution in [-0.2, 0) is 6.61 Å². The van der Waals surface area contributed by atoms with Crippen LogP contribution in [0.4, 0.5) is 5.69 Å². The van der Waals surface area contributed by atoms with Crippen LogP contribution in [0.15, 0.2) is 88.2 Å². The highest BCUT2D eigenvalue weighted by Gasteiger charge is 2.12. The fraction of sp³-hybridized carbons (Fsp3) is 0.111. The van der Waals surface area contributed by atoms with Crippen molar-refractivity contribution in [3.63, 3.8) is 0 Å². The zero-order valence-corrected chi connectivity index (χ0v) is 19.2. The summed E-state index contributed by atoms with van der Waals surface area (Å²) in [6, 6.07) is 21.5. The molecule has 0 radical (unpaired) electrons. The second kappa shape index (κ2) is 9.26. The van der Waals surface area contributed by atoms with Crippen molar-refractivity contribution in [3.05, 3.63) is 112 Å². The average Bonchev–Trinajstić information content (AvgIpc) is 3.34. The fourth-order valence-corrected chi connectivity index (χ4v) is 3.81. The highest BCUT2D eigenvalue weighted by molar-refractivity contribution is 6.05. The molecule has 0 aliphatic carbocycles. The molecule has 0 aliphatic rings. The largest absolute Gasteiger partial charge is 0.486 e. The van der Waals surface area contributed by atoms with Gasteiger partial charge >= 0.3 is 5.63 Å². The van der Waals surface area contributed by atoms with Crippen LogP contribution in [0.2, 0.25) is 0 Å². The Bertz CT molecular complexity index is 1570. The van der Waals surface area contributed by atoms with E-state index in [1.54, 1.807) is 47.3 Å². The van der Waals surface area contributed by atoms with E-state index in [9.17, 15) is 9.59 Å². The first-order valence-corrected chi connectivity index (χ1v) is 11.0. The van der Waals surface area contributed by atoms with Gasteiger partial charge in [-0.1, -0.05) is 35.5 Å². The lowest BCUT2D eigenvalue weighted by molar-refractivity contribution is 0.102. The van der Waals surface area contributed by atoms with E-state index in [0.29, 0.717) is 28.0 Å². The zero-order chi connectivity index (χ0) is 24.4. The third-order valence-corrected chi connectivity index (χ3v) is 5.64.